The number of carbonyl (C=O) groups is 1. The number of nitrogens with zero attached hydrogens (tertiary/aromatic N) is 2. The molecule has 1 aliphatic carbocycles. The summed E-state index contributed by atoms with van der Waals surface area (Å²) in [5.74, 6) is 0.186. The molecule has 0 unspecified atom stereocenters. The lowest BCUT2D eigenvalue weighted by molar-refractivity contribution is -0.118. The molecular formula is C27H29N3O. The number of hydrogen-bond acceptors (Lipinski definition) is 2. The first-order valence-corrected chi connectivity index (χ1v) is 11.1. The van der Waals surface area contributed by atoms with Gasteiger partial charge in [0.15, 0.2) is 0 Å². The first kappa shape index (κ1) is 20.9. The Kier molecular flexibility index (Phi) is 6.23. The van der Waals surface area contributed by atoms with Crippen LogP contribution in [0.25, 0.3) is 17.0 Å². The lowest BCUT2D eigenvalue weighted by Crippen LogP contribution is -2.41. The molecule has 4 heteroatoms. The predicted molar refractivity (Wildman–Crippen MR) is 125 cm³/mol. The number of para-hydroxylation sites is 1. The largest absolute Gasteiger partial charge is 0.348 e. The summed E-state index contributed by atoms with van der Waals surface area (Å²) < 4.78 is 2.19. The minimum absolute atomic E-state index is 0.153. The standard InChI is InChI=1S/C27H29N3O/c1-19-8-7-10-21(14-19)17-30-18-23(24-11-4-6-13-26(24)30)15-22(16-28)27(31)29-25-12-5-3-9-20(25)2/h4,6-8,10-11,13-15,18,20,25H,3,5,9,12,17H2,1-2H3,(H,29,31)/b22-15+/t20-,25+/m1/s1. The van der Waals surface area contributed by atoms with E-state index in [9.17, 15) is 10.1 Å². The monoisotopic (exact) mass is 411 g/mol. The third kappa shape index (κ3) is 4.72. The number of nitriles is 1. The molecule has 1 aromatic heterocycles. The number of aromatic nitrogens is 1. The van der Waals surface area contributed by atoms with Crippen molar-refractivity contribution in [3.05, 3.63) is 77.0 Å². The van der Waals surface area contributed by atoms with Crippen LogP contribution in [0.2, 0.25) is 0 Å². The van der Waals surface area contributed by atoms with E-state index in [-0.39, 0.29) is 17.5 Å². The molecule has 3 aromatic rings. The highest BCUT2D eigenvalue weighted by atomic mass is 16.1. The van der Waals surface area contributed by atoms with Crippen LogP contribution in [0.5, 0.6) is 0 Å². The lowest BCUT2D eigenvalue weighted by atomic mass is 9.86. The van der Waals surface area contributed by atoms with Gasteiger partial charge < -0.3 is 9.88 Å². The van der Waals surface area contributed by atoms with E-state index in [0.717, 1.165) is 42.3 Å². The molecule has 1 fully saturated rings. The number of rotatable bonds is 5. The molecule has 4 rings (SSSR count). The Morgan fingerprint density at radius 1 is 1.19 bits per heavy atom. The van der Waals surface area contributed by atoms with Crippen LogP contribution in [0.4, 0.5) is 0 Å². The van der Waals surface area contributed by atoms with Gasteiger partial charge in [-0.15, -0.1) is 0 Å². The van der Waals surface area contributed by atoms with Gasteiger partial charge in [-0.3, -0.25) is 4.79 Å². The third-order valence-corrected chi connectivity index (χ3v) is 6.35. The lowest BCUT2D eigenvalue weighted by Gasteiger charge is -2.29. The van der Waals surface area contributed by atoms with Gasteiger partial charge in [-0.05, 0) is 43.4 Å². The average molecular weight is 412 g/mol. The maximum Gasteiger partial charge on any atom is 0.262 e. The van der Waals surface area contributed by atoms with Crippen LogP contribution < -0.4 is 5.32 Å². The fourth-order valence-corrected chi connectivity index (χ4v) is 4.61. The number of hydrogen-bond donors (Lipinski definition) is 1. The first-order valence-electron chi connectivity index (χ1n) is 11.1. The summed E-state index contributed by atoms with van der Waals surface area (Å²) in [6.45, 7) is 5.01. The Hall–Kier alpha value is -3.32. The number of amides is 1. The molecule has 2 atom stereocenters. The summed E-state index contributed by atoms with van der Waals surface area (Å²) in [5, 5.41) is 13.9. The molecule has 1 N–H and O–H groups in total. The maximum absolute atomic E-state index is 12.9. The zero-order valence-corrected chi connectivity index (χ0v) is 18.3. The van der Waals surface area contributed by atoms with E-state index in [1.807, 2.05) is 24.4 Å². The molecule has 1 aliphatic rings. The zero-order chi connectivity index (χ0) is 21.8. The van der Waals surface area contributed by atoms with E-state index in [2.05, 4.69) is 60.1 Å². The van der Waals surface area contributed by atoms with Crippen LogP contribution in [-0.2, 0) is 11.3 Å². The molecule has 1 saturated carbocycles. The molecule has 0 bridgehead atoms. The second-order valence-corrected chi connectivity index (χ2v) is 8.73. The predicted octanol–water partition coefficient (Wildman–Crippen LogP) is 5.60. The van der Waals surface area contributed by atoms with Gasteiger partial charge in [0, 0.05) is 35.2 Å². The Morgan fingerprint density at radius 2 is 2.00 bits per heavy atom. The van der Waals surface area contributed by atoms with Crippen molar-refractivity contribution in [1.82, 2.24) is 9.88 Å². The van der Waals surface area contributed by atoms with Gasteiger partial charge in [0.1, 0.15) is 11.6 Å². The van der Waals surface area contributed by atoms with Crippen LogP contribution in [0.1, 0.15) is 49.3 Å². The molecule has 1 amide bonds. The summed E-state index contributed by atoms with van der Waals surface area (Å²) in [5.41, 5.74) is 4.60. The SMILES string of the molecule is Cc1cccc(Cn2cc(/C=C(\C#N)C(=O)N[C@H]3CCCC[C@H]3C)c3ccccc32)c1. The smallest absolute Gasteiger partial charge is 0.262 e. The van der Waals surface area contributed by atoms with Gasteiger partial charge in [-0.25, -0.2) is 0 Å². The van der Waals surface area contributed by atoms with Gasteiger partial charge in [0.25, 0.3) is 5.91 Å². The summed E-state index contributed by atoms with van der Waals surface area (Å²) in [6, 6.07) is 18.9. The van der Waals surface area contributed by atoms with Crippen molar-refractivity contribution in [3.63, 3.8) is 0 Å². The molecule has 1 heterocycles. The van der Waals surface area contributed by atoms with Crippen molar-refractivity contribution in [2.45, 2.75) is 52.1 Å². The summed E-state index contributed by atoms with van der Waals surface area (Å²) in [7, 11) is 0. The third-order valence-electron chi connectivity index (χ3n) is 6.35. The minimum Gasteiger partial charge on any atom is -0.348 e. The molecule has 0 saturated heterocycles. The second kappa shape index (κ2) is 9.22. The van der Waals surface area contributed by atoms with Crippen LogP contribution >= 0.6 is 0 Å². The highest BCUT2D eigenvalue weighted by Crippen LogP contribution is 2.26. The van der Waals surface area contributed by atoms with E-state index in [1.54, 1.807) is 6.08 Å². The van der Waals surface area contributed by atoms with Crippen molar-refractivity contribution < 1.29 is 4.79 Å². The minimum atomic E-state index is -0.267. The van der Waals surface area contributed by atoms with Crippen LogP contribution in [-0.4, -0.2) is 16.5 Å². The number of carbonyl (C=O) groups excluding carboxylic acids is 1. The number of aryl methyl sites for hydroxylation is 1. The Balaban J connectivity index is 1.64. The molecule has 4 nitrogen and oxygen atoms in total. The topological polar surface area (TPSA) is 57.8 Å². The zero-order valence-electron chi connectivity index (χ0n) is 18.3. The highest BCUT2D eigenvalue weighted by molar-refractivity contribution is 6.04. The van der Waals surface area contributed by atoms with Gasteiger partial charge in [-0.2, -0.15) is 5.26 Å². The van der Waals surface area contributed by atoms with Gasteiger partial charge >= 0.3 is 0 Å². The fourth-order valence-electron chi connectivity index (χ4n) is 4.61. The quantitative estimate of drug-likeness (QED) is 0.439. The molecule has 2 aromatic carbocycles. The molecule has 0 aliphatic heterocycles. The molecular weight excluding hydrogens is 382 g/mol. The average Bonchev–Trinajstić information content (AvgIpc) is 3.11. The van der Waals surface area contributed by atoms with E-state index in [1.165, 1.54) is 17.5 Å². The van der Waals surface area contributed by atoms with Crippen molar-refractivity contribution in [2.75, 3.05) is 0 Å². The molecule has 0 radical (unpaired) electrons. The van der Waals surface area contributed by atoms with Crippen molar-refractivity contribution in [2.24, 2.45) is 5.92 Å². The number of benzene rings is 2. The van der Waals surface area contributed by atoms with E-state index < -0.39 is 0 Å². The fraction of sp³-hybridized carbons (Fsp3) is 0.333. The van der Waals surface area contributed by atoms with Crippen molar-refractivity contribution in [1.29, 1.82) is 5.26 Å². The van der Waals surface area contributed by atoms with Crippen molar-refractivity contribution in [3.8, 4) is 6.07 Å². The molecule has 31 heavy (non-hydrogen) atoms. The molecule has 158 valence electrons. The summed E-state index contributed by atoms with van der Waals surface area (Å²) in [6.07, 6.45) is 8.24. The second-order valence-electron chi connectivity index (χ2n) is 8.73. The summed E-state index contributed by atoms with van der Waals surface area (Å²) >= 11 is 0. The van der Waals surface area contributed by atoms with Gasteiger partial charge in [-0.1, -0.05) is 67.8 Å². The Bertz CT molecular complexity index is 1160. The Labute approximate surface area is 184 Å². The van der Waals surface area contributed by atoms with E-state index in [0.29, 0.717) is 5.92 Å². The van der Waals surface area contributed by atoms with E-state index >= 15 is 0 Å². The van der Waals surface area contributed by atoms with Crippen LogP contribution in [0, 0.1) is 24.2 Å². The van der Waals surface area contributed by atoms with Gasteiger partial charge in [0.2, 0.25) is 0 Å². The van der Waals surface area contributed by atoms with E-state index in [4.69, 9.17) is 0 Å². The number of fused-ring (bicyclic) bond motifs is 1. The maximum atomic E-state index is 12.9. The van der Waals surface area contributed by atoms with Crippen LogP contribution in [0.15, 0.2) is 60.3 Å². The van der Waals surface area contributed by atoms with Crippen LogP contribution in [0.3, 0.4) is 0 Å². The summed E-state index contributed by atoms with van der Waals surface area (Å²) in [4.78, 5) is 12.9. The Morgan fingerprint density at radius 3 is 2.77 bits per heavy atom. The van der Waals surface area contributed by atoms with Gasteiger partial charge in [0.05, 0.1) is 0 Å². The molecule has 0 spiro atoms. The van der Waals surface area contributed by atoms with Crippen molar-refractivity contribution >= 4 is 22.9 Å². The highest BCUT2D eigenvalue weighted by Gasteiger charge is 2.24. The first-order chi connectivity index (χ1) is 15.0. The number of nitrogens with one attached hydrogen (secondary N) is 1. The normalized spacial score (nSPS) is 19.2.